The lowest BCUT2D eigenvalue weighted by atomic mass is 9.71. The van der Waals surface area contributed by atoms with Gasteiger partial charge in [-0.1, -0.05) is 39.8 Å². The van der Waals surface area contributed by atoms with Gasteiger partial charge in [-0.05, 0) is 36.0 Å². The summed E-state index contributed by atoms with van der Waals surface area (Å²) in [7, 11) is 0. The van der Waals surface area contributed by atoms with Crippen LogP contribution in [0.5, 0.6) is 0 Å². The van der Waals surface area contributed by atoms with Crippen molar-refractivity contribution >= 4 is 0 Å². The third-order valence-electron chi connectivity index (χ3n) is 5.63. The highest BCUT2D eigenvalue weighted by Gasteiger charge is 2.66. The van der Waals surface area contributed by atoms with Gasteiger partial charge in [0.2, 0.25) is 0 Å². The quantitative estimate of drug-likeness (QED) is 0.659. The summed E-state index contributed by atoms with van der Waals surface area (Å²) in [5.41, 5.74) is 2.07. The maximum absolute atomic E-state index is 6.16. The van der Waals surface area contributed by atoms with E-state index in [0.29, 0.717) is 23.4 Å². The van der Waals surface area contributed by atoms with Crippen LogP contribution in [0.15, 0.2) is 12.2 Å². The summed E-state index contributed by atoms with van der Waals surface area (Å²) >= 11 is 0. The molecule has 17 heavy (non-hydrogen) atoms. The second-order valence-electron chi connectivity index (χ2n) is 7.49. The molecule has 5 atom stereocenters. The first-order valence-electron chi connectivity index (χ1n) is 7.23. The summed E-state index contributed by atoms with van der Waals surface area (Å²) in [6.07, 6.45) is 2.99. The Kier molecular flexibility index (Phi) is 2.49. The molecule has 1 nitrogen and oxygen atoms in total. The van der Waals surface area contributed by atoms with Crippen molar-refractivity contribution < 1.29 is 4.74 Å². The molecule has 3 aliphatic rings. The van der Waals surface area contributed by atoms with E-state index in [0.717, 1.165) is 24.4 Å². The van der Waals surface area contributed by atoms with Crippen molar-refractivity contribution in [1.29, 1.82) is 0 Å². The molecule has 96 valence electrons. The lowest BCUT2D eigenvalue weighted by molar-refractivity contribution is -0.0561. The molecule has 0 aromatic rings. The Hall–Kier alpha value is -0.300. The standard InChI is InChI=1S/C16H26O/c1-9(2)6-13-14-10(3)11(8-17-13)7-12-15(14)16(12,4)5/h9,11-15H,3,6-8H2,1-2,4-5H3/t11-,12-,13-,14-,15-/m0/s1. The lowest BCUT2D eigenvalue weighted by Crippen LogP contribution is -2.41. The first kappa shape index (κ1) is 11.8. The fourth-order valence-electron chi connectivity index (χ4n) is 4.58. The van der Waals surface area contributed by atoms with E-state index in [1.54, 1.807) is 0 Å². The Labute approximate surface area is 106 Å². The van der Waals surface area contributed by atoms with Gasteiger partial charge in [-0.15, -0.1) is 0 Å². The maximum atomic E-state index is 6.16. The van der Waals surface area contributed by atoms with Crippen molar-refractivity contribution in [3.8, 4) is 0 Å². The molecule has 0 unspecified atom stereocenters. The molecule has 1 heterocycles. The first-order chi connectivity index (χ1) is 7.93. The van der Waals surface area contributed by atoms with Crippen LogP contribution in [0.2, 0.25) is 0 Å². The molecular formula is C16H26O. The molecule has 2 saturated carbocycles. The van der Waals surface area contributed by atoms with Gasteiger partial charge in [0, 0.05) is 11.8 Å². The SMILES string of the molecule is C=C1[C@@H]2CO[C@@H](CC(C)C)[C@H]1[C@@H]1[C@H](C2)C1(C)C. The van der Waals surface area contributed by atoms with Gasteiger partial charge in [-0.3, -0.25) is 0 Å². The topological polar surface area (TPSA) is 9.23 Å². The summed E-state index contributed by atoms with van der Waals surface area (Å²) in [5, 5.41) is 0. The van der Waals surface area contributed by atoms with Gasteiger partial charge in [0.05, 0.1) is 12.7 Å². The van der Waals surface area contributed by atoms with Crippen LogP contribution >= 0.6 is 0 Å². The summed E-state index contributed by atoms with van der Waals surface area (Å²) in [6, 6.07) is 0. The third kappa shape index (κ3) is 1.62. The van der Waals surface area contributed by atoms with Crippen LogP contribution in [0.25, 0.3) is 0 Å². The number of ether oxygens (including phenoxy) is 1. The Balaban J connectivity index is 1.85. The van der Waals surface area contributed by atoms with Crippen molar-refractivity contribution in [3.05, 3.63) is 12.2 Å². The molecule has 1 aliphatic heterocycles. The Morgan fingerprint density at radius 1 is 1.41 bits per heavy atom. The highest BCUT2D eigenvalue weighted by Crippen LogP contribution is 2.70. The Bertz CT molecular complexity index is 341. The van der Waals surface area contributed by atoms with E-state index < -0.39 is 0 Å². The monoisotopic (exact) mass is 234 g/mol. The zero-order valence-corrected chi connectivity index (χ0v) is 11.7. The van der Waals surface area contributed by atoms with Gasteiger partial charge in [0.15, 0.2) is 0 Å². The molecule has 0 amide bonds. The minimum absolute atomic E-state index is 0.452. The molecule has 1 saturated heterocycles. The predicted octanol–water partition coefficient (Wildman–Crippen LogP) is 3.90. The maximum Gasteiger partial charge on any atom is 0.0646 e. The molecule has 2 bridgehead atoms. The zero-order valence-electron chi connectivity index (χ0n) is 11.7. The van der Waals surface area contributed by atoms with Crippen molar-refractivity contribution in [2.75, 3.05) is 6.61 Å². The molecule has 3 rings (SSSR count). The van der Waals surface area contributed by atoms with E-state index in [4.69, 9.17) is 4.74 Å². The molecule has 0 spiro atoms. The summed E-state index contributed by atoms with van der Waals surface area (Å²) < 4.78 is 6.16. The third-order valence-corrected chi connectivity index (χ3v) is 5.63. The van der Waals surface area contributed by atoms with Crippen LogP contribution in [0.4, 0.5) is 0 Å². The molecular weight excluding hydrogens is 208 g/mol. The summed E-state index contributed by atoms with van der Waals surface area (Å²) in [6.45, 7) is 14.9. The van der Waals surface area contributed by atoms with Crippen LogP contribution in [0.3, 0.4) is 0 Å². The van der Waals surface area contributed by atoms with Crippen molar-refractivity contribution in [1.82, 2.24) is 0 Å². The fraction of sp³-hybridized carbons (Fsp3) is 0.875. The molecule has 0 radical (unpaired) electrons. The molecule has 0 aromatic heterocycles. The number of rotatable bonds is 2. The van der Waals surface area contributed by atoms with E-state index in [2.05, 4.69) is 34.3 Å². The van der Waals surface area contributed by atoms with Gasteiger partial charge in [0.1, 0.15) is 0 Å². The highest BCUT2D eigenvalue weighted by atomic mass is 16.5. The normalized spacial score (nSPS) is 46.9. The van der Waals surface area contributed by atoms with Crippen LogP contribution in [0.1, 0.15) is 40.5 Å². The van der Waals surface area contributed by atoms with Crippen LogP contribution in [-0.2, 0) is 4.74 Å². The minimum atomic E-state index is 0.452. The lowest BCUT2D eigenvalue weighted by Gasteiger charge is -2.42. The van der Waals surface area contributed by atoms with E-state index in [-0.39, 0.29) is 0 Å². The van der Waals surface area contributed by atoms with Crippen LogP contribution in [0, 0.1) is 35.0 Å². The van der Waals surface area contributed by atoms with Crippen molar-refractivity contribution in [2.45, 2.75) is 46.6 Å². The fourth-order valence-corrected chi connectivity index (χ4v) is 4.58. The number of fused-ring (bicyclic) bond motifs is 4. The van der Waals surface area contributed by atoms with Gasteiger partial charge in [-0.2, -0.15) is 0 Å². The predicted molar refractivity (Wildman–Crippen MR) is 70.7 cm³/mol. The van der Waals surface area contributed by atoms with E-state index in [1.165, 1.54) is 18.4 Å². The van der Waals surface area contributed by atoms with Gasteiger partial charge in [0.25, 0.3) is 0 Å². The number of hydrogen-bond donors (Lipinski definition) is 0. The largest absolute Gasteiger partial charge is 0.377 e. The first-order valence-corrected chi connectivity index (χ1v) is 7.23. The van der Waals surface area contributed by atoms with Gasteiger partial charge < -0.3 is 4.74 Å². The minimum Gasteiger partial charge on any atom is -0.377 e. The van der Waals surface area contributed by atoms with Crippen molar-refractivity contribution in [3.63, 3.8) is 0 Å². The van der Waals surface area contributed by atoms with Crippen LogP contribution < -0.4 is 0 Å². The number of hydrogen-bond acceptors (Lipinski definition) is 1. The molecule has 3 fully saturated rings. The average Bonchev–Trinajstić information content (AvgIpc) is 2.71. The smallest absolute Gasteiger partial charge is 0.0646 e. The molecule has 1 heteroatoms. The average molecular weight is 234 g/mol. The highest BCUT2D eigenvalue weighted by molar-refractivity contribution is 5.26. The van der Waals surface area contributed by atoms with Crippen molar-refractivity contribution in [2.24, 2.45) is 35.0 Å². The van der Waals surface area contributed by atoms with Gasteiger partial charge >= 0.3 is 0 Å². The molecule has 2 aliphatic carbocycles. The molecule has 0 N–H and O–H groups in total. The van der Waals surface area contributed by atoms with E-state index in [1.807, 2.05) is 0 Å². The molecule has 0 aromatic carbocycles. The second kappa shape index (κ2) is 3.60. The summed E-state index contributed by atoms with van der Waals surface area (Å²) in [4.78, 5) is 0. The summed E-state index contributed by atoms with van der Waals surface area (Å²) in [5.74, 6) is 3.85. The zero-order chi connectivity index (χ0) is 12.4. The Morgan fingerprint density at radius 3 is 2.76 bits per heavy atom. The second-order valence-corrected chi connectivity index (χ2v) is 7.49. The van der Waals surface area contributed by atoms with E-state index in [9.17, 15) is 0 Å². The Morgan fingerprint density at radius 2 is 2.12 bits per heavy atom. The van der Waals surface area contributed by atoms with Crippen LogP contribution in [-0.4, -0.2) is 12.7 Å². The van der Waals surface area contributed by atoms with Gasteiger partial charge in [-0.25, -0.2) is 0 Å². The van der Waals surface area contributed by atoms with E-state index >= 15 is 0 Å².